The van der Waals surface area contributed by atoms with E-state index in [-0.39, 0.29) is 18.2 Å². The molecule has 1 fully saturated rings. The van der Waals surface area contributed by atoms with Crippen molar-refractivity contribution in [2.75, 3.05) is 6.54 Å². The fourth-order valence-electron chi connectivity index (χ4n) is 2.28. The SMILES string of the molecule is CCC(C(N)=O)N1CCC(C=C(F)F)CCC1=O. The maximum absolute atomic E-state index is 12.2. The van der Waals surface area contributed by atoms with Gasteiger partial charge in [-0.3, -0.25) is 9.59 Å². The number of rotatable bonds is 4. The van der Waals surface area contributed by atoms with E-state index < -0.39 is 18.0 Å². The zero-order valence-electron chi connectivity index (χ0n) is 10.4. The van der Waals surface area contributed by atoms with Gasteiger partial charge in [0.05, 0.1) is 0 Å². The van der Waals surface area contributed by atoms with Gasteiger partial charge < -0.3 is 10.6 Å². The predicted octanol–water partition coefficient (Wildman–Crippen LogP) is 1.66. The lowest BCUT2D eigenvalue weighted by atomic mass is 10.0. The van der Waals surface area contributed by atoms with Crippen LogP contribution in [0.25, 0.3) is 0 Å². The molecule has 1 saturated heterocycles. The second-order valence-corrected chi connectivity index (χ2v) is 4.46. The van der Waals surface area contributed by atoms with Crippen LogP contribution in [0.3, 0.4) is 0 Å². The van der Waals surface area contributed by atoms with Crippen molar-refractivity contribution in [3.05, 3.63) is 12.2 Å². The highest BCUT2D eigenvalue weighted by atomic mass is 19.3. The second kappa shape index (κ2) is 6.47. The molecule has 4 nitrogen and oxygen atoms in total. The third-order valence-corrected chi connectivity index (χ3v) is 3.24. The van der Waals surface area contributed by atoms with E-state index in [0.717, 1.165) is 6.08 Å². The highest BCUT2D eigenvalue weighted by Crippen LogP contribution is 2.23. The molecular formula is C12H18F2N2O2. The summed E-state index contributed by atoms with van der Waals surface area (Å²) in [6.45, 7) is 2.07. The summed E-state index contributed by atoms with van der Waals surface area (Å²) in [5, 5.41) is 0. The zero-order chi connectivity index (χ0) is 13.7. The number of hydrogen-bond acceptors (Lipinski definition) is 2. The fraction of sp³-hybridized carbons (Fsp3) is 0.667. The Hall–Kier alpha value is -1.46. The molecule has 0 radical (unpaired) electrons. The lowest BCUT2D eigenvalue weighted by molar-refractivity contribution is -0.139. The largest absolute Gasteiger partial charge is 0.368 e. The quantitative estimate of drug-likeness (QED) is 0.835. The molecule has 0 saturated carbocycles. The van der Waals surface area contributed by atoms with Crippen LogP contribution in [-0.4, -0.2) is 29.3 Å². The van der Waals surface area contributed by atoms with E-state index in [9.17, 15) is 18.4 Å². The second-order valence-electron chi connectivity index (χ2n) is 4.46. The Morgan fingerprint density at radius 2 is 2.22 bits per heavy atom. The summed E-state index contributed by atoms with van der Waals surface area (Å²) in [6.07, 6.45) is 0.622. The van der Waals surface area contributed by atoms with Gasteiger partial charge in [0.25, 0.3) is 6.08 Å². The van der Waals surface area contributed by atoms with Crippen molar-refractivity contribution in [3.8, 4) is 0 Å². The molecule has 18 heavy (non-hydrogen) atoms. The number of halogens is 2. The molecular weight excluding hydrogens is 242 g/mol. The Morgan fingerprint density at radius 1 is 1.56 bits per heavy atom. The summed E-state index contributed by atoms with van der Waals surface area (Å²) in [4.78, 5) is 24.5. The van der Waals surface area contributed by atoms with Crippen LogP contribution in [-0.2, 0) is 9.59 Å². The van der Waals surface area contributed by atoms with Crippen LogP contribution in [0.4, 0.5) is 8.78 Å². The Kier molecular flexibility index (Phi) is 5.25. The van der Waals surface area contributed by atoms with Crippen LogP contribution in [0, 0.1) is 5.92 Å². The van der Waals surface area contributed by atoms with Crippen molar-refractivity contribution in [1.82, 2.24) is 4.90 Å². The minimum absolute atomic E-state index is 0.179. The summed E-state index contributed by atoms with van der Waals surface area (Å²) in [7, 11) is 0. The van der Waals surface area contributed by atoms with Crippen molar-refractivity contribution in [1.29, 1.82) is 0 Å². The third kappa shape index (κ3) is 3.78. The lowest BCUT2D eigenvalue weighted by Gasteiger charge is -2.27. The smallest absolute Gasteiger partial charge is 0.266 e. The number of primary amides is 1. The van der Waals surface area contributed by atoms with E-state index >= 15 is 0 Å². The first-order valence-electron chi connectivity index (χ1n) is 6.07. The van der Waals surface area contributed by atoms with E-state index in [4.69, 9.17) is 5.73 Å². The number of nitrogens with two attached hydrogens (primary N) is 1. The minimum atomic E-state index is -1.72. The highest BCUT2D eigenvalue weighted by Gasteiger charge is 2.29. The van der Waals surface area contributed by atoms with Gasteiger partial charge in [0.2, 0.25) is 11.8 Å². The van der Waals surface area contributed by atoms with Gasteiger partial charge in [0.15, 0.2) is 0 Å². The van der Waals surface area contributed by atoms with Crippen molar-refractivity contribution >= 4 is 11.8 Å². The molecule has 6 heteroatoms. The number of hydrogen-bond donors (Lipinski definition) is 1. The molecule has 102 valence electrons. The topological polar surface area (TPSA) is 63.4 Å². The molecule has 2 atom stereocenters. The Morgan fingerprint density at radius 3 is 2.72 bits per heavy atom. The highest BCUT2D eigenvalue weighted by molar-refractivity contribution is 5.86. The van der Waals surface area contributed by atoms with Gasteiger partial charge in [-0.15, -0.1) is 0 Å². The molecule has 1 rings (SSSR count). The number of nitrogens with zero attached hydrogens (tertiary/aromatic N) is 1. The minimum Gasteiger partial charge on any atom is -0.368 e. The van der Waals surface area contributed by atoms with Crippen LogP contribution in [0.1, 0.15) is 32.6 Å². The average molecular weight is 260 g/mol. The van der Waals surface area contributed by atoms with Crippen LogP contribution in [0.5, 0.6) is 0 Å². The molecule has 0 aromatic carbocycles. The van der Waals surface area contributed by atoms with Gasteiger partial charge in [-0.05, 0) is 31.3 Å². The van der Waals surface area contributed by atoms with Gasteiger partial charge in [-0.1, -0.05) is 6.92 Å². The Labute approximate surface area is 105 Å². The van der Waals surface area contributed by atoms with Crippen LogP contribution >= 0.6 is 0 Å². The molecule has 0 bridgehead atoms. The molecule has 1 aliphatic heterocycles. The molecule has 1 aliphatic rings. The summed E-state index contributed by atoms with van der Waals surface area (Å²) >= 11 is 0. The first kappa shape index (κ1) is 14.6. The standard InChI is InChI=1S/C12H18F2N2O2/c1-2-9(12(15)18)16-6-5-8(7-10(13)14)3-4-11(16)17/h7-9H,2-6H2,1H3,(H2,15,18). The van der Waals surface area contributed by atoms with Crippen molar-refractivity contribution < 1.29 is 18.4 Å². The average Bonchev–Trinajstić information content (AvgIpc) is 2.44. The summed E-state index contributed by atoms with van der Waals surface area (Å²) in [5.74, 6) is -1.04. The van der Waals surface area contributed by atoms with E-state index in [1.54, 1.807) is 6.92 Å². The van der Waals surface area contributed by atoms with Gasteiger partial charge >= 0.3 is 0 Å². The van der Waals surface area contributed by atoms with E-state index in [2.05, 4.69) is 0 Å². The van der Waals surface area contributed by atoms with E-state index in [1.165, 1.54) is 4.90 Å². The number of amides is 2. The number of likely N-dealkylation sites (tertiary alicyclic amines) is 1. The monoisotopic (exact) mass is 260 g/mol. The zero-order valence-corrected chi connectivity index (χ0v) is 10.4. The molecule has 0 aliphatic carbocycles. The summed E-state index contributed by atoms with van der Waals surface area (Å²) < 4.78 is 24.4. The van der Waals surface area contributed by atoms with Gasteiger partial charge in [0.1, 0.15) is 6.04 Å². The van der Waals surface area contributed by atoms with E-state index in [0.29, 0.717) is 25.8 Å². The Balaban J connectivity index is 2.75. The van der Waals surface area contributed by atoms with Gasteiger partial charge in [-0.25, -0.2) is 0 Å². The Bertz CT molecular complexity index is 354. The van der Waals surface area contributed by atoms with Crippen molar-refractivity contribution in [2.24, 2.45) is 11.7 Å². The van der Waals surface area contributed by atoms with Crippen LogP contribution in [0.2, 0.25) is 0 Å². The normalized spacial score (nSPS) is 22.3. The van der Waals surface area contributed by atoms with Gasteiger partial charge in [0, 0.05) is 13.0 Å². The number of carbonyl (C=O) groups excluding carboxylic acids is 2. The molecule has 2 N–H and O–H groups in total. The van der Waals surface area contributed by atoms with Gasteiger partial charge in [-0.2, -0.15) is 8.78 Å². The molecule has 2 amide bonds. The third-order valence-electron chi connectivity index (χ3n) is 3.24. The van der Waals surface area contributed by atoms with Crippen molar-refractivity contribution in [2.45, 2.75) is 38.6 Å². The first-order chi connectivity index (χ1) is 8.45. The molecule has 1 heterocycles. The fourth-order valence-corrected chi connectivity index (χ4v) is 2.28. The maximum Gasteiger partial charge on any atom is 0.266 e. The summed E-state index contributed by atoms with van der Waals surface area (Å²) in [5.41, 5.74) is 5.24. The first-order valence-corrected chi connectivity index (χ1v) is 6.07. The van der Waals surface area contributed by atoms with Crippen LogP contribution < -0.4 is 5.73 Å². The molecule has 0 spiro atoms. The maximum atomic E-state index is 12.2. The predicted molar refractivity (Wildman–Crippen MR) is 62.6 cm³/mol. The number of allylic oxidation sites excluding steroid dienone is 1. The molecule has 2 unspecified atom stereocenters. The number of carbonyl (C=O) groups is 2. The van der Waals surface area contributed by atoms with Crippen molar-refractivity contribution in [3.63, 3.8) is 0 Å². The molecule has 0 aromatic heterocycles. The van der Waals surface area contributed by atoms with E-state index in [1.807, 2.05) is 0 Å². The lowest BCUT2D eigenvalue weighted by Crippen LogP contribution is -2.47. The van der Waals surface area contributed by atoms with Crippen LogP contribution in [0.15, 0.2) is 12.2 Å². The summed E-state index contributed by atoms with van der Waals surface area (Å²) in [6, 6.07) is -0.629. The molecule has 0 aromatic rings.